The first-order chi connectivity index (χ1) is 13.6. The number of carbonyl (C=O) groups excluding carboxylic acids is 1. The summed E-state index contributed by atoms with van der Waals surface area (Å²) in [7, 11) is 0. The molecule has 1 amide bonds. The van der Waals surface area contributed by atoms with Gasteiger partial charge >= 0.3 is 12.1 Å². The number of carboxylic acid groups (broad SMARTS) is 1. The van der Waals surface area contributed by atoms with E-state index in [0.29, 0.717) is 6.42 Å². The highest BCUT2D eigenvalue weighted by Crippen LogP contribution is 2.65. The fraction of sp³-hybridized carbons (Fsp3) is 0.391. The molecule has 3 aliphatic rings. The van der Waals surface area contributed by atoms with Crippen molar-refractivity contribution >= 4 is 12.1 Å². The van der Waals surface area contributed by atoms with Crippen LogP contribution in [0.2, 0.25) is 0 Å². The molecule has 1 atom stereocenters. The number of hydrogen-bond acceptors (Lipinski definition) is 3. The van der Waals surface area contributed by atoms with E-state index in [9.17, 15) is 14.7 Å². The number of hydrogen-bond donors (Lipinski definition) is 2. The number of carboxylic acids is 1. The molecule has 0 saturated heterocycles. The molecule has 0 unspecified atom stereocenters. The zero-order chi connectivity index (χ0) is 19.4. The lowest BCUT2D eigenvalue weighted by molar-refractivity contribution is -0.141. The molecule has 0 heterocycles. The molecule has 0 bridgehead atoms. The Hall–Kier alpha value is -2.82. The molecule has 0 radical (unpaired) electrons. The van der Waals surface area contributed by atoms with Gasteiger partial charge in [0.1, 0.15) is 12.1 Å². The van der Waals surface area contributed by atoms with Crippen LogP contribution in [0.15, 0.2) is 48.5 Å². The lowest BCUT2D eigenvalue weighted by Gasteiger charge is -2.21. The molecule has 1 spiro atoms. The number of alkyl carbamates (subject to hydrolysis) is 1. The largest absolute Gasteiger partial charge is 0.479 e. The van der Waals surface area contributed by atoms with Crippen LogP contribution >= 0.6 is 0 Å². The number of carbonyl (C=O) groups is 2. The van der Waals surface area contributed by atoms with Gasteiger partial charge in [-0.25, -0.2) is 9.59 Å². The topological polar surface area (TPSA) is 75.6 Å². The molecule has 5 heteroatoms. The number of benzene rings is 2. The second-order valence-corrected chi connectivity index (χ2v) is 8.33. The highest BCUT2D eigenvalue weighted by Gasteiger charge is 2.73. The van der Waals surface area contributed by atoms with Crippen molar-refractivity contribution in [3.63, 3.8) is 0 Å². The van der Waals surface area contributed by atoms with E-state index in [1.165, 1.54) is 11.1 Å². The second kappa shape index (κ2) is 6.09. The van der Waals surface area contributed by atoms with Gasteiger partial charge in [0.05, 0.1) is 0 Å². The molecule has 28 heavy (non-hydrogen) atoms. The molecule has 5 nitrogen and oxygen atoms in total. The van der Waals surface area contributed by atoms with Crippen molar-refractivity contribution in [3.05, 3.63) is 59.7 Å². The zero-order valence-corrected chi connectivity index (χ0v) is 15.6. The van der Waals surface area contributed by atoms with Crippen LogP contribution in [-0.2, 0) is 9.53 Å². The monoisotopic (exact) mass is 377 g/mol. The van der Waals surface area contributed by atoms with E-state index in [1.807, 2.05) is 24.3 Å². The molecular weight excluding hydrogens is 354 g/mol. The second-order valence-electron chi connectivity index (χ2n) is 8.33. The van der Waals surface area contributed by atoms with Gasteiger partial charge in [-0.3, -0.25) is 0 Å². The first-order valence-electron chi connectivity index (χ1n) is 9.93. The molecule has 144 valence electrons. The summed E-state index contributed by atoms with van der Waals surface area (Å²) in [6.45, 7) is 0.197. The van der Waals surface area contributed by atoms with Crippen molar-refractivity contribution < 1.29 is 19.4 Å². The SMILES string of the molecule is O=C(N[C@]1(C(=O)O)CC12CCCC2)OCC1c2ccccc2-c2ccccc21. The average molecular weight is 377 g/mol. The lowest BCUT2D eigenvalue weighted by atomic mass is 9.97. The summed E-state index contributed by atoms with van der Waals surface area (Å²) in [6.07, 6.45) is 3.67. The summed E-state index contributed by atoms with van der Waals surface area (Å²) in [5.41, 5.74) is 3.20. The summed E-state index contributed by atoms with van der Waals surface area (Å²) in [6, 6.07) is 16.3. The Morgan fingerprint density at radius 2 is 1.57 bits per heavy atom. The molecule has 3 aliphatic carbocycles. The van der Waals surface area contributed by atoms with E-state index < -0.39 is 17.6 Å². The molecule has 2 aromatic carbocycles. The predicted molar refractivity (Wildman–Crippen MR) is 104 cm³/mol. The highest BCUT2D eigenvalue weighted by molar-refractivity contribution is 5.89. The van der Waals surface area contributed by atoms with Crippen molar-refractivity contribution in [2.45, 2.75) is 43.6 Å². The van der Waals surface area contributed by atoms with Gasteiger partial charge in [-0.1, -0.05) is 61.4 Å². The summed E-state index contributed by atoms with van der Waals surface area (Å²) in [5.74, 6) is -0.971. The minimum absolute atomic E-state index is 0.0291. The Labute approximate surface area is 163 Å². The van der Waals surface area contributed by atoms with Gasteiger partial charge in [-0.15, -0.1) is 0 Å². The minimum Gasteiger partial charge on any atom is -0.479 e. The van der Waals surface area contributed by atoms with Crippen LogP contribution in [0.4, 0.5) is 4.79 Å². The van der Waals surface area contributed by atoms with Crippen LogP contribution in [0.1, 0.15) is 49.1 Å². The molecule has 2 saturated carbocycles. The fourth-order valence-corrected chi connectivity index (χ4v) is 5.46. The van der Waals surface area contributed by atoms with Crippen LogP contribution in [0.25, 0.3) is 11.1 Å². The Morgan fingerprint density at radius 3 is 2.14 bits per heavy atom. The first-order valence-corrected chi connectivity index (χ1v) is 9.93. The molecular formula is C23H23NO4. The number of fused-ring (bicyclic) bond motifs is 3. The van der Waals surface area contributed by atoms with E-state index in [0.717, 1.165) is 36.8 Å². The number of nitrogens with one attached hydrogen (secondary N) is 1. The molecule has 2 fully saturated rings. The van der Waals surface area contributed by atoms with Crippen LogP contribution in [0.5, 0.6) is 0 Å². The van der Waals surface area contributed by atoms with Gasteiger partial charge in [0.15, 0.2) is 0 Å². The van der Waals surface area contributed by atoms with Crippen molar-refractivity contribution in [2.75, 3.05) is 6.61 Å². The maximum absolute atomic E-state index is 12.5. The van der Waals surface area contributed by atoms with Crippen molar-refractivity contribution in [2.24, 2.45) is 5.41 Å². The summed E-state index contributed by atoms with van der Waals surface area (Å²) in [5, 5.41) is 12.5. The van der Waals surface area contributed by atoms with E-state index in [2.05, 4.69) is 29.6 Å². The van der Waals surface area contributed by atoms with Gasteiger partial charge in [-0.2, -0.15) is 0 Å². The Bertz CT molecular complexity index is 917. The minimum atomic E-state index is -1.15. The van der Waals surface area contributed by atoms with E-state index in [-0.39, 0.29) is 17.9 Å². The third-order valence-electron chi connectivity index (χ3n) is 6.97. The molecule has 5 rings (SSSR count). The zero-order valence-electron chi connectivity index (χ0n) is 15.6. The van der Waals surface area contributed by atoms with Gasteiger partial charge in [0.25, 0.3) is 0 Å². The lowest BCUT2D eigenvalue weighted by Crippen LogP contribution is -2.47. The Balaban J connectivity index is 1.32. The Morgan fingerprint density at radius 1 is 1.00 bits per heavy atom. The van der Waals surface area contributed by atoms with E-state index >= 15 is 0 Å². The van der Waals surface area contributed by atoms with Crippen molar-refractivity contribution in [1.29, 1.82) is 0 Å². The van der Waals surface area contributed by atoms with Crippen LogP contribution in [0, 0.1) is 5.41 Å². The van der Waals surface area contributed by atoms with Gasteiger partial charge < -0.3 is 15.2 Å². The van der Waals surface area contributed by atoms with Crippen LogP contribution in [0.3, 0.4) is 0 Å². The first kappa shape index (κ1) is 17.3. The van der Waals surface area contributed by atoms with Gasteiger partial charge in [0, 0.05) is 11.3 Å². The number of aliphatic carboxylic acids is 1. The number of rotatable bonds is 4. The van der Waals surface area contributed by atoms with Crippen molar-refractivity contribution in [1.82, 2.24) is 5.32 Å². The number of amides is 1. The molecule has 2 aromatic rings. The summed E-state index contributed by atoms with van der Waals surface area (Å²) < 4.78 is 5.56. The third kappa shape index (κ3) is 2.38. The smallest absolute Gasteiger partial charge is 0.408 e. The van der Waals surface area contributed by atoms with Crippen LogP contribution < -0.4 is 5.32 Å². The van der Waals surface area contributed by atoms with E-state index in [1.54, 1.807) is 0 Å². The third-order valence-corrected chi connectivity index (χ3v) is 6.97. The van der Waals surface area contributed by atoms with E-state index in [4.69, 9.17) is 4.74 Å². The molecule has 2 N–H and O–H groups in total. The molecule has 0 aliphatic heterocycles. The van der Waals surface area contributed by atoms with Crippen LogP contribution in [-0.4, -0.2) is 29.3 Å². The summed E-state index contributed by atoms with van der Waals surface area (Å²) >= 11 is 0. The Kier molecular flexibility index (Phi) is 3.76. The average Bonchev–Trinajstić information content (AvgIpc) is 2.99. The normalized spacial score (nSPS) is 23.9. The maximum Gasteiger partial charge on any atom is 0.408 e. The summed E-state index contributed by atoms with van der Waals surface area (Å²) in [4.78, 5) is 24.4. The van der Waals surface area contributed by atoms with Gasteiger partial charge in [0.2, 0.25) is 0 Å². The standard InChI is InChI=1S/C23H23NO4/c25-20(26)23(14-22(23)11-5-6-12-22)24-21(27)28-13-19-17-9-3-1-7-15(17)16-8-2-4-10-18(16)19/h1-4,7-10,19H,5-6,11-14H2,(H,24,27)(H,25,26)/t23-/m0/s1. The molecule has 0 aromatic heterocycles. The maximum atomic E-state index is 12.5. The highest BCUT2D eigenvalue weighted by atomic mass is 16.5. The van der Waals surface area contributed by atoms with Gasteiger partial charge in [-0.05, 0) is 41.5 Å². The number of ether oxygens (including phenoxy) is 1. The van der Waals surface area contributed by atoms with Crippen molar-refractivity contribution in [3.8, 4) is 11.1 Å². The fourth-order valence-electron chi connectivity index (χ4n) is 5.46. The quantitative estimate of drug-likeness (QED) is 0.832. The predicted octanol–water partition coefficient (Wildman–Crippen LogP) is 4.31.